The van der Waals surface area contributed by atoms with Crippen LogP contribution in [0.5, 0.6) is 5.75 Å². The third-order valence-electron chi connectivity index (χ3n) is 1.61. The highest BCUT2D eigenvalue weighted by atomic mass is 19.2. The highest BCUT2D eigenvalue weighted by molar-refractivity contribution is 5.37. The van der Waals surface area contributed by atoms with Crippen LogP contribution < -0.4 is 0 Å². The minimum atomic E-state index is -0.970. The van der Waals surface area contributed by atoms with Gasteiger partial charge in [0.1, 0.15) is 5.75 Å². The zero-order valence-electron chi connectivity index (χ0n) is 6.28. The highest BCUT2D eigenvalue weighted by Crippen LogP contribution is 2.23. The first-order chi connectivity index (χ1) is 5.04. The average molecular weight is 158 g/mol. The van der Waals surface area contributed by atoms with E-state index in [4.69, 9.17) is 5.11 Å². The molecule has 0 saturated heterocycles. The Hall–Kier alpha value is -1.12. The predicted octanol–water partition coefficient (Wildman–Crippen LogP) is 2.29. The molecular formula is C8H8F2O. The first kappa shape index (κ1) is 7.98. The Labute approximate surface area is 63.3 Å². The number of aryl methyl sites for hydroxylation is 1. The zero-order chi connectivity index (χ0) is 8.59. The second-order valence-corrected chi connectivity index (χ2v) is 2.47. The van der Waals surface area contributed by atoms with Crippen molar-refractivity contribution < 1.29 is 13.9 Å². The summed E-state index contributed by atoms with van der Waals surface area (Å²) in [5, 5.41) is 9.00. The van der Waals surface area contributed by atoms with Gasteiger partial charge in [-0.15, -0.1) is 0 Å². The molecule has 0 atom stereocenters. The maximum Gasteiger partial charge on any atom is 0.165 e. The summed E-state index contributed by atoms with van der Waals surface area (Å²) >= 11 is 0. The van der Waals surface area contributed by atoms with Gasteiger partial charge in [0.2, 0.25) is 0 Å². The van der Waals surface area contributed by atoms with Crippen LogP contribution in [0.4, 0.5) is 8.78 Å². The molecule has 0 amide bonds. The summed E-state index contributed by atoms with van der Waals surface area (Å²) < 4.78 is 25.4. The Morgan fingerprint density at radius 2 is 1.73 bits per heavy atom. The third kappa shape index (κ3) is 1.18. The van der Waals surface area contributed by atoms with Crippen LogP contribution >= 0.6 is 0 Å². The molecule has 0 saturated carbocycles. The number of phenolic OH excluding ortho intramolecular Hbond substituents is 1. The van der Waals surface area contributed by atoms with Gasteiger partial charge in [-0.3, -0.25) is 0 Å². The molecule has 0 aromatic heterocycles. The number of rotatable bonds is 0. The van der Waals surface area contributed by atoms with Gasteiger partial charge >= 0.3 is 0 Å². The maximum absolute atomic E-state index is 12.7. The quantitative estimate of drug-likeness (QED) is 0.614. The molecule has 0 aliphatic heterocycles. The molecule has 0 unspecified atom stereocenters. The second-order valence-electron chi connectivity index (χ2n) is 2.47. The van der Waals surface area contributed by atoms with Crippen LogP contribution in [-0.4, -0.2) is 5.11 Å². The molecule has 1 rings (SSSR count). The Bertz CT molecular complexity index is 268. The number of hydrogen-bond acceptors (Lipinski definition) is 1. The SMILES string of the molecule is Cc1cc(O)c(C)c(F)c1F. The Balaban J connectivity index is 3.46. The lowest BCUT2D eigenvalue weighted by Gasteiger charge is -2.03. The zero-order valence-corrected chi connectivity index (χ0v) is 6.28. The van der Waals surface area contributed by atoms with Crippen molar-refractivity contribution >= 4 is 0 Å². The van der Waals surface area contributed by atoms with E-state index in [1.807, 2.05) is 0 Å². The molecule has 3 heteroatoms. The molecule has 0 fully saturated rings. The molecule has 11 heavy (non-hydrogen) atoms. The molecule has 0 bridgehead atoms. The van der Waals surface area contributed by atoms with Crippen molar-refractivity contribution in [3.63, 3.8) is 0 Å². The van der Waals surface area contributed by atoms with Crippen LogP contribution in [0, 0.1) is 25.5 Å². The summed E-state index contributed by atoms with van der Waals surface area (Å²) in [4.78, 5) is 0. The van der Waals surface area contributed by atoms with Gasteiger partial charge in [-0.1, -0.05) is 0 Å². The number of hydrogen-bond donors (Lipinski definition) is 1. The van der Waals surface area contributed by atoms with Crippen molar-refractivity contribution in [3.8, 4) is 5.75 Å². The number of phenols is 1. The van der Waals surface area contributed by atoms with Crippen LogP contribution in [0.25, 0.3) is 0 Å². The molecule has 1 aromatic rings. The fraction of sp³-hybridized carbons (Fsp3) is 0.250. The predicted molar refractivity (Wildman–Crippen MR) is 37.5 cm³/mol. The Morgan fingerprint density at radius 1 is 1.18 bits per heavy atom. The van der Waals surface area contributed by atoms with E-state index in [0.717, 1.165) is 0 Å². The lowest BCUT2D eigenvalue weighted by Crippen LogP contribution is -1.92. The average Bonchev–Trinajstić information content (AvgIpc) is 1.97. The van der Waals surface area contributed by atoms with Crippen molar-refractivity contribution in [2.75, 3.05) is 0 Å². The summed E-state index contributed by atoms with van der Waals surface area (Å²) in [6.07, 6.45) is 0. The first-order valence-electron chi connectivity index (χ1n) is 3.18. The smallest absolute Gasteiger partial charge is 0.165 e. The van der Waals surface area contributed by atoms with E-state index in [1.54, 1.807) is 0 Å². The summed E-state index contributed by atoms with van der Waals surface area (Å²) in [7, 11) is 0. The van der Waals surface area contributed by atoms with Crippen LogP contribution in [0.2, 0.25) is 0 Å². The van der Waals surface area contributed by atoms with Gasteiger partial charge in [0, 0.05) is 5.56 Å². The van der Waals surface area contributed by atoms with E-state index in [2.05, 4.69) is 0 Å². The molecule has 60 valence electrons. The number of halogens is 2. The number of benzene rings is 1. The van der Waals surface area contributed by atoms with Gasteiger partial charge in [-0.25, -0.2) is 8.78 Å². The summed E-state index contributed by atoms with van der Waals surface area (Å²) in [5.41, 5.74) is 0.0682. The van der Waals surface area contributed by atoms with Gasteiger partial charge < -0.3 is 5.11 Å². The fourth-order valence-corrected chi connectivity index (χ4v) is 0.827. The Kier molecular flexibility index (Phi) is 1.81. The molecule has 1 nitrogen and oxygen atoms in total. The normalized spacial score (nSPS) is 10.2. The molecule has 0 spiro atoms. The topological polar surface area (TPSA) is 20.2 Å². The van der Waals surface area contributed by atoms with E-state index in [1.165, 1.54) is 19.9 Å². The van der Waals surface area contributed by atoms with E-state index in [0.29, 0.717) is 0 Å². The van der Waals surface area contributed by atoms with Crippen molar-refractivity contribution in [3.05, 3.63) is 28.8 Å². The molecule has 1 N–H and O–H groups in total. The van der Waals surface area contributed by atoms with Crippen molar-refractivity contribution in [1.29, 1.82) is 0 Å². The number of aromatic hydroxyl groups is 1. The highest BCUT2D eigenvalue weighted by Gasteiger charge is 2.11. The minimum absolute atomic E-state index is 0.0481. The van der Waals surface area contributed by atoms with Gasteiger partial charge in [-0.2, -0.15) is 0 Å². The molecule has 0 aliphatic carbocycles. The molecule has 0 aliphatic rings. The Morgan fingerprint density at radius 3 is 2.27 bits per heavy atom. The fourth-order valence-electron chi connectivity index (χ4n) is 0.827. The maximum atomic E-state index is 12.7. The van der Waals surface area contributed by atoms with Crippen LogP contribution in [0.3, 0.4) is 0 Å². The summed E-state index contributed by atoms with van der Waals surface area (Å²) in [6, 6.07) is 1.20. The van der Waals surface area contributed by atoms with Gasteiger partial charge in [0.05, 0.1) is 0 Å². The van der Waals surface area contributed by atoms with Gasteiger partial charge in [0.15, 0.2) is 11.6 Å². The van der Waals surface area contributed by atoms with E-state index in [-0.39, 0.29) is 16.9 Å². The van der Waals surface area contributed by atoms with Gasteiger partial charge in [-0.05, 0) is 25.5 Å². The van der Waals surface area contributed by atoms with Crippen LogP contribution in [0.15, 0.2) is 6.07 Å². The largest absolute Gasteiger partial charge is 0.508 e. The van der Waals surface area contributed by atoms with E-state index >= 15 is 0 Å². The molecule has 0 heterocycles. The molecule has 0 radical (unpaired) electrons. The van der Waals surface area contributed by atoms with Crippen molar-refractivity contribution in [2.24, 2.45) is 0 Å². The van der Waals surface area contributed by atoms with E-state index < -0.39 is 11.6 Å². The molecular weight excluding hydrogens is 150 g/mol. The van der Waals surface area contributed by atoms with Crippen LogP contribution in [-0.2, 0) is 0 Å². The van der Waals surface area contributed by atoms with Crippen molar-refractivity contribution in [2.45, 2.75) is 13.8 Å². The van der Waals surface area contributed by atoms with Crippen molar-refractivity contribution in [1.82, 2.24) is 0 Å². The third-order valence-corrected chi connectivity index (χ3v) is 1.61. The lowest BCUT2D eigenvalue weighted by molar-refractivity contribution is 0.444. The summed E-state index contributed by atoms with van der Waals surface area (Å²) in [6.45, 7) is 2.73. The van der Waals surface area contributed by atoms with Gasteiger partial charge in [0.25, 0.3) is 0 Å². The van der Waals surface area contributed by atoms with E-state index in [9.17, 15) is 8.78 Å². The first-order valence-corrected chi connectivity index (χ1v) is 3.18. The standard InChI is InChI=1S/C8H8F2O/c1-4-3-6(11)5(2)8(10)7(4)9/h3,11H,1-2H3. The van der Waals surface area contributed by atoms with Crippen LogP contribution in [0.1, 0.15) is 11.1 Å². The minimum Gasteiger partial charge on any atom is -0.508 e. The summed E-state index contributed by atoms with van der Waals surface area (Å²) in [5.74, 6) is -2.07. The molecule has 1 aromatic carbocycles. The lowest BCUT2D eigenvalue weighted by atomic mass is 10.1. The second kappa shape index (κ2) is 2.49. The monoisotopic (exact) mass is 158 g/mol.